The van der Waals surface area contributed by atoms with Gasteiger partial charge < -0.3 is 15.7 Å². The Hall–Kier alpha value is -2.72. The van der Waals surface area contributed by atoms with Crippen molar-refractivity contribution in [3.05, 3.63) is 41.6 Å². The molecule has 0 aliphatic carbocycles. The van der Waals surface area contributed by atoms with E-state index < -0.39 is 27.8 Å². The van der Waals surface area contributed by atoms with Crippen LogP contribution in [0.15, 0.2) is 30.3 Å². The van der Waals surface area contributed by atoms with E-state index in [1.54, 1.807) is 24.3 Å². The number of anilines is 1. The zero-order chi connectivity index (χ0) is 18.9. The van der Waals surface area contributed by atoms with Gasteiger partial charge in [-0.2, -0.15) is 5.10 Å². The van der Waals surface area contributed by atoms with E-state index in [2.05, 4.69) is 15.7 Å². The molecule has 0 unspecified atom stereocenters. The summed E-state index contributed by atoms with van der Waals surface area (Å²) in [6.07, 6.45) is -0.795. The molecule has 0 spiro atoms. The molecule has 0 saturated carbocycles. The van der Waals surface area contributed by atoms with E-state index in [-0.39, 0.29) is 23.9 Å². The van der Waals surface area contributed by atoms with Crippen molar-refractivity contribution < 1.29 is 23.1 Å². The van der Waals surface area contributed by atoms with E-state index >= 15 is 0 Å². The van der Waals surface area contributed by atoms with Gasteiger partial charge in [-0.3, -0.25) is 9.59 Å². The number of benzene rings is 1. The molecule has 0 bridgehead atoms. The highest BCUT2D eigenvalue weighted by Crippen LogP contribution is 2.32. The second kappa shape index (κ2) is 6.89. The van der Waals surface area contributed by atoms with E-state index in [1.165, 1.54) is 11.6 Å². The first-order valence-corrected chi connectivity index (χ1v) is 9.73. The number of aliphatic hydroxyl groups excluding tert-OH is 1. The maximum atomic E-state index is 12.2. The first-order chi connectivity index (χ1) is 12.3. The zero-order valence-electron chi connectivity index (χ0n) is 14.0. The summed E-state index contributed by atoms with van der Waals surface area (Å²) < 4.78 is 25.2. The molecule has 2 aromatic rings. The Morgan fingerprint density at radius 1 is 1.23 bits per heavy atom. The van der Waals surface area contributed by atoms with Crippen molar-refractivity contribution in [3.8, 4) is 5.69 Å². The molecule has 1 atom stereocenters. The van der Waals surface area contributed by atoms with Crippen molar-refractivity contribution in [2.24, 2.45) is 0 Å². The third-order valence-corrected chi connectivity index (χ3v) is 5.23. The minimum Gasteiger partial charge on any atom is -0.392 e. The molecule has 138 valence electrons. The topological polar surface area (TPSA) is 130 Å². The lowest BCUT2D eigenvalue weighted by atomic mass is 10.2. The highest BCUT2D eigenvalue weighted by Gasteiger charge is 2.33. The number of aliphatic hydroxyl groups is 1. The van der Waals surface area contributed by atoms with Crippen molar-refractivity contribution in [2.45, 2.75) is 24.5 Å². The van der Waals surface area contributed by atoms with Gasteiger partial charge >= 0.3 is 11.8 Å². The predicted molar refractivity (Wildman–Crippen MR) is 93.2 cm³/mol. The Labute approximate surface area is 149 Å². The van der Waals surface area contributed by atoms with Crippen LogP contribution in [0, 0.1) is 0 Å². The molecule has 9 nitrogen and oxygen atoms in total. The number of sulfone groups is 1. The Kier molecular flexibility index (Phi) is 4.79. The number of fused-ring (bicyclic) bond motifs is 1. The lowest BCUT2D eigenvalue weighted by Crippen LogP contribution is -2.39. The Bertz CT molecular complexity index is 951. The van der Waals surface area contributed by atoms with Crippen LogP contribution in [0.2, 0.25) is 0 Å². The van der Waals surface area contributed by atoms with Crippen LogP contribution in [-0.4, -0.2) is 47.8 Å². The smallest absolute Gasteiger partial charge is 0.314 e. The molecule has 1 aliphatic heterocycles. The second-order valence-electron chi connectivity index (χ2n) is 6.07. The van der Waals surface area contributed by atoms with Crippen molar-refractivity contribution in [1.82, 2.24) is 15.1 Å². The molecule has 3 rings (SSSR count). The molecule has 1 aliphatic rings. The van der Waals surface area contributed by atoms with E-state index in [0.717, 1.165) is 0 Å². The monoisotopic (exact) mass is 378 g/mol. The number of rotatable bonds is 4. The number of para-hydroxylation sites is 1. The SMILES string of the molecule is C[C@@H](O)CNC(=O)C(=O)Nc1c2c(nn1-c1ccccc1)CS(=O)(=O)C2. The summed E-state index contributed by atoms with van der Waals surface area (Å²) in [5.74, 6) is -2.19. The van der Waals surface area contributed by atoms with Crippen LogP contribution in [0.3, 0.4) is 0 Å². The first kappa shape index (κ1) is 18.1. The van der Waals surface area contributed by atoms with Crippen LogP contribution in [0.1, 0.15) is 18.2 Å². The number of hydrogen-bond donors (Lipinski definition) is 3. The largest absolute Gasteiger partial charge is 0.392 e. The van der Waals surface area contributed by atoms with Gasteiger partial charge in [-0.15, -0.1) is 0 Å². The van der Waals surface area contributed by atoms with Crippen LogP contribution < -0.4 is 10.6 Å². The third kappa shape index (κ3) is 3.75. The standard InChI is InChI=1S/C16H18N4O5S/c1-10(21)7-17-15(22)16(23)18-14-12-8-26(24,25)9-13(12)19-20(14)11-5-3-2-4-6-11/h2-6,10,21H,7-9H2,1H3,(H,17,22)(H,18,23)/t10-/m1/s1. The average Bonchev–Trinajstić information content (AvgIpc) is 3.06. The molecule has 0 radical (unpaired) electrons. The van der Waals surface area contributed by atoms with Gasteiger partial charge in [0.2, 0.25) is 0 Å². The summed E-state index contributed by atoms with van der Waals surface area (Å²) >= 11 is 0. The molecular formula is C16H18N4O5S. The molecule has 2 amide bonds. The fourth-order valence-electron chi connectivity index (χ4n) is 2.61. The molecule has 1 aromatic carbocycles. The lowest BCUT2D eigenvalue weighted by Gasteiger charge is -2.11. The molecule has 2 heterocycles. The van der Waals surface area contributed by atoms with Gasteiger partial charge in [0.15, 0.2) is 9.84 Å². The second-order valence-corrected chi connectivity index (χ2v) is 8.13. The van der Waals surface area contributed by atoms with Crippen LogP contribution >= 0.6 is 0 Å². The first-order valence-electron chi connectivity index (χ1n) is 7.90. The average molecular weight is 378 g/mol. The van der Waals surface area contributed by atoms with Crippen molar-refractivity contribution in [3.63, 3.8) is 0 Å². The minimum absolute atomic E-state index is 0.0727. The molecule has 3 N–H and O–H groups in total. The van der Waals surface area contributed by atoms with Crippen LogP contribution in [0.4, 0.5) is 5.82 Å². The number of aromatic nitrogens is 2. The summed E-state index contributed by atoms with van der Waals surface area (Å²) in [6, 6.07) is 8.87. The van der Waals surface area contributed by atoms with Gasteiger partial charge in [0, 0.05) is 12.1 Å². The molecule has 0 saturated heterocycles. The van der Waals surface area contributed by atoms with Gasteiger partial charge in [0.1, 0.15) is 5.82 Å². The summed E-state index contributed by atoms with van der Waals surface area (Å²) in [7, 11) is -3.32. The van der Waals surface area contributed by atoms with E-state index in [0.29, 0.717) is 16.9 Å². The van der Waals surface area contributed by atoms with Crippen LogP contribution in [0.5, 0.6) is 0 Å². The minimum atomic E-state index is -3.32. The van der Waals surface area contributed by atoms with Crippen LogP contribution in [-0.2, 0) is 30.9 Å². The number of hydrogen-bond acceptors (Lipinski definition) is 6. The molecular weight excluding hydrogens is 360 g/mol. The fourth-order valence-corrected chi connectivity index (χ4v) is 4.11. The van der Waals surface area contributed by atoms with E-state index in [4.69, 9.17) is 0 Å². The molecule has 0 fully saturated rings. The van der Waals surface area contributed by atoms with E-state index in [1.807, 2.05) is 6.07 Å². The van der Waals surface area contributed by atoms with E-state index in [9.17, 15) is 23.1 Å². The normalized spacial score (nSPS) is 15.9. The highest BCUT2D eigenvalue weighted by molar-refractivity contribution is 7.90. The maximum Gasteiger partial charge on any atom is 0.314 e. The third-order valence-electron chi connectivity index (χ3n) is 3.78. The van der Waals surface area contributed by atoms with Crippen molar-refractivity contribution >= 4 is 27.5 Å². The summed E-state index contributed by atoms with van der Waals surface area (Å²) in [5.41, 5.74) is 1.36. The van der Waals surface area contributed by atoms with Gasteiger partial charge in [-0.1, -0.05) is 18.2 Å². The van der Waals surface area contributed by atoms with Crippen molar-refractivity contribution in [2.75, 3.05) is 11.9 Å². The summed E-state index contributed by atoms with van der Waals surface area (Å²) in [5, 5.41) is 18.2. The van der Waals surface area contributed by atoms with Gasteiger partial charge in [0.05, 0.1) is 29.0 Å². The molecule has 1 aromatic heterocycles. The Morgan fingerprint density at radius 3 is 2.58 bits per heavy atom. The summed E-state index contributed by atoms with van der Waals surface area (Å²) in [4.78, 5) is 24.0. The Balaban J connectivity index is 1.92. The van der Waals surface area contributed by atoms with Crippen LogP contribution in [0.25, 0.3) is 5.69 Å². The number of carbonyl (C=O) groups is 2. The zero-order valence-corrected chi connectivity index (χ0v) is 14.8. The predicted octanol–water partition coefficient (Wildman–Crippen LogP) is -0.264. The molecule has 10 heteroatoms. The number of carbonyl (C=O) groups excluding carboxylic acids is 2. The quantitative estimate of drug-likeness (QED) is 0.628. The van der Waals surface area contributed by atoms with Gasteiger partial charge in [0.25, 0.3) is 0 Å². The number of nitrogens with one attached hydrogen (secondary N) is 2. The number of nitrogens with zero attached hydrogens (tertiary/aromatic N) is 2. The maximum absolute atomic E-state index is 12.2. The van der Waals surface area contributed by atoms with Crippen molar-refractivity contribution in [1.29, 1.82) is 0 Å². The van der Waals surface area contributed by atoms with Gasteiger partial charge in [-0.25, -0.2) is 13.1 Å². The fraction of sp³-hybridized carbons (Fsp3) is 0.312. The molecule has 26 heavy (non-hydrogen) atoms. The highest BCUT2D eigenvalue weighted by atomic mass is 32.2. The summed E-state index contributed by atoms with van der Waals surface area (Å²) in [6.45, 7) is 1.40. The van der Waals surface area contributed by atoms with Gasteiger partial charge in [-0.05, 0) is 19.1 Å². The Morgan fingerprint density at radius 2 is 1.92 bits per heavy atom. The number of amides is 2. The lowest BCUT2D eigenvalue weighted by molar-refractivity contribution is -0.136.